The van der Waals surface area contributed by atoms with E-state index in [2.05, 4.69) is 14.9 Å². The lowest BCUT2D eigenvalue weighted by atomic mass is 10.1. The van der Waals surface area contributed by atoms with E-state index in [1.54, 1.807) is 12.3 Å². The SMILES string of the molecule is O=c1c2cnc(N3CCCCC3)nc2ccn1-c1ccc(CC(F)(F)F)cc1. The first-order chi connectivity index (χ1) is 13.4. The van der Waals surface area contributed by atoms with Crippen molar-refractivity contribution < 1.29 is 13.2 Å². The van der Waals surface area contributed by atoms with Gasteiger partial charge in [0.15, 0.2) is 0 Å². The molecule has 0 saturated carbocycles. The summed E-state index contributed by atoms with van der Waals surface area (Å²) in [4.78, 5) is 23.8. The Morgan fingerprint density at radius 3 is 2.39 bits per heavy atom. The van der Waals surface area contributed by atoms with E-state index in [4.69, 9.17) is 0 Å². The van der Waals surface area contributed by atoms with E-state index in [1.807, 2.05) is 0 Å². The highest BCUT2D eigenvalue weighted by Crippen LogP contribution is 2.22. The predicted octanol–water partition coefficient (Wildman–Crippen LogP) is 3.88. The van der Waals surface area contributed by atoms with Crippen molar-refractivity contribution in [3.05, 3.63) is 58.6 Å². The van der Waals surface area contributed by atoms with Crippen molar-refractivity contribution in [2.75, 3.05) is 18.0 Å². The summed E-state index contributed by atoms with van der Waals surface area (Å²) < 4.78 is 38.9. The zero-order valence-electron chi connectivity index (χ0n) is 15.1. The first-order valence-corrected chi connectivity index (χ1v) is 9.20. The Hall–Kier alpha value is -2.90. The molecule has 28 heavy (non-hydrogen) atoms. The molecule has 0 unspecified atom stereocenters. The van der Waals surface area contributed by atoms with E-state index in [0.717, 1.165) is 25.9 Å². The molecule has 0 N–H and O–H groups in total. The number of halogens is 3. The Kier molecular flexibility index (Phi) is 4.78. The number of hydrogen-bond acceptors (Lipinski definition) is 4. The van der Waals surface area contributed by atoms with Gasteiger partial charge in [0.1, 0.15) is 0 Å². The van der Waals surface area contributed by atoms with Crippen LogP contribution in [0.4, 0.5) is 19.1 Å². The standard InChI is InChI=1S/C20H19F3N4O/c21-20(22,23)12-14-4-6-15(7-5-14)27-11-8-17-16(18(27)28)13-24-19(25-17)26-9-2-1-3-10-26/h4-8,11,13H,1-3,9-10,12H2. The highest BCUT2D eigenvalue weighted by molar-refractivity contribution is 5.78. The molecule has 3 aromatic rings. The van der Waals surface area contributed by atoms with Gasteiger partial charge < -0.3 is 4.90 Å². The van der Waals surface area contributed by atoms with Gasteiger partial charge in [0.2, 0.25) is 5.95 Å². The summed E-state index contributed by atoms with van der Waals surface area (Å²) in [6.45, 7) is 1.82. The van der Waals surface area contributed by atoms with Crippen molar-refractivity contribution in [1.82, 2.24) is 14.5 Å². The Bertz CT molecular complexity index is 1040. The number of nitrogens with zero attached hydrogens (tertiary/aromatic N) is 4. The predicted molar refractivity (Wildman–Crippen MR) is 101 cm³/mol. The molecule has 0 aliphatic carbocycles. The van der Waals surface area contributed by atoms with Crippen LogP contribution in [0.3, 0.4) is 0 Å². The monoisotopic (exact) mass is 388 g/mol. The van der Waals surface area contributed by atoms with E-state index in [0.29, 0.717) is 22.5 Å². The van der Waals surface area contributed by atoms with Crippen LogP contribution in [-0.2, 0) is 6.42 Å². The van der Waals surface area contributed by atoms with Crippen molar-refractivity contribution in [1.29, 1.82) is 0 Å². The topological polar surface area (TPSA) is 51.0 Å². The van der Waals surface area contributed by atoms with Gasteiger partial charge in [0.25, 0.3) is 5.56 Å². The molecule has 0 radical (unpaired) electrons. The minimum atomic E-state index is -4.26. The van der Waals surface area contributed by atoms with Crippen LogP contribution in [0, 0.1) is 0 Å². The van der Waals surface area contributed by atoms with Crippen LogP contribution < -0.4 is 10.5 Å². The van der Waals surface area contributed by atoms with E-state index in [-0.39, 0.29) is 11.1 Å². The van der Waals surface area contributed by atoms with Crippen LogP contribution in [0.2, 0.25) is 0 Å². The second-order valence-corrected chi connectivity index (χ2v) is 6.97. The smallest absolute Gasteiger partial charge is 0.341 e. The number of hydrogen-bond donors (Lipinski definition) is 0. The zero-order valence-corrected chi connectivity index (χ0v) is 15.1. The van der Waals surface area contributed by atoms with Crippen LogP contribution in [0.5, 0.6) is 0 Å². The Labute approximate surface area is 159 Å². The normalized spacial score (nSPS) is 15.2. The van der Waals surface area contributed by atoms with Crippen molar-refractivity contribution in [3.63, 3.8) is 0 Å². The Morgan fingerprint density at radius 1 is 1.00 bits per heavy atom. The molecular formula is C20H19F3N4O. The molecule has 4 rings (SSSR count). The van der Waals surface area contributed by atoms with Gasteiger partial charge in [0.05, 0.1) is 17.3 Å². The van der Waals surface area contributed by atoms with Crippen molar-refractivity contribution in [3.8, 4) is 5.69 Å². The van der Waals surface area contributed by atoms with Crippen molar-refractivity contribution in [2.45, 2.75) is 31.9 Å². The van der Waals surface area contributed by atoms with E-state index < -0.39 is 12.6 Å². The van der Waals surface area contributed by atoms with Gasteiger partial charge >= 0.3 is 6.18 Å². The lowest BCUT2D eigenvalue weighted by Crippen LogP contribution is -2.31. The number of pyridine rings is 1. The molecule has 1 aromatic carbocycles. The molecule has 3 heterocycles. The number of benzene rings is 1. The summed E-state index contributed by atoms with van der Waals surface area (Å²) in [6, 6.07) is 7.52. The van der Waals surface area contributed by atoms with Gasteiger partial charge in [-0.15, -0.1) is 0 Å². The summed E-state index contributed by atoms with van der Waals surface area (Å²) in [5.41, 5.74) is 0.911. The van der Waals surface area contributed by atoms with Crippen molar-refractivity contribution >= 4 is 16.9 Å². The second kappa shape index (κ2) is 7.26. The fourth-order valence-electron chi connectivity index (χ4n) is 3.48. The molecule has 0 amide bonds. The highest BCUT2D eigenvalue weighted by atomic mass is 19.4. The molecule has 1 aliphatic rings. The molecule has 8 heteroatoms. The third-order valence-electron chi connectivity index (χ3n) is 4.89. The van der Waals surface area contributed by atoms with E-state index in [1.165, 1.54) is 41.5 Å². The number of fused-ring (bicyclic) bond motifs is 1. The summed E-state index contributed by atoms with van der Waals surface area (Å²) in [6.07, 6.45) is 1.29. The lowest BCUT2D eigenvalue weighted by molar-refractivity contribution is -0.127. The molecule has 146 valence electrons. The number of aromatic nitrogens is 3. The van der Waals surface area contributed by atoms with Crippen molar-refractivity contribution in [2.24, 2.45) is 0 Å². The number of anilines is 1. The maximum absolute atomic E-state index is 12.8. The number of alkyl halides is 3. The first-order valence-electron chi connectivity index (χ1n) is 9.20. The molecule has 1 saturated heterocycles. The third-order valence-corrected chi connectivity index (χ3v) is 4.89. The Balaban J connectivity index is 1.65. The van der Waals surface area contributed by atoms with Crippen LogP contribution in [0.1, 0.15) is 24.8 Å². The largest absolute Gasteiger partial charge is 0.393 e. The maximum atomic E-state index is 12.8. The quantitative estimate of drug-likeness (QED) is 0.683. The average molecular weight is 388 g/mol. The van der Waals surface area contributed by atoms with Gasteiger partial charge in [-0.25, -0.2) is 9.97 Å². The summed E-state index contributed by atoms with van der Waals surface area (Å²) in [7, 11) is 0. The fourth-order valence-corrected chi connectivity index (χ4v) is 3.48. The minimum absolute atomic E-state index is 0.152. The lowest BCUT2D eigenvalue weighted by Gasteiger charge is -2.26. The second-order valence-electron chi connectivity index (χ2n) is 6.97. The van der Waals surface area contributed by atoms with E-state index >= 15 is 0 Å². The number of piperidine rings is 1. The zero-order chi connectivity index (χ0) is 19.7. The molecule has 1 aliphatic heterocycles. The van der Waals surface area contributed by atoms with Gasteiger partial charge in [-0.05, 0) is 43.0 Å². The average Bonchev–Trinajstić information content (AvgIpc) is 2.68. The third kappa shape index (κ3) is 3.85. The molecule has 0 bridgehead atoms. The van der Waals surface area contributed by atoms with E-state index in [9.17, 15) is 18.0 Å². The van der Waals surface area contributed by atoms with Crippen LogP contribution in [0.15, 0.2) is 47.5 Å². The molecule has 2 aromatic heterocycles. The summed E-state index contributed by atoms with van der Waals surface area (Å²) in [5.74, 6) is 0.626. The van der Waals surface area contributed by atoms with Crippen LogP contribution in [-0.4, -0.2) is 33.8 Å². The highest BCUT2D eigenvalue weighted by Gasteiger charge is 2.27. The number of rotatable bonds is 3. The van der Waals surface area contributed by atoms with Gasteiger partial charge in [-0.1, -0.05) is 12.1 Å². The maximum Gasteiger partial charge on any atom is 0.393 e. The van der Waals surface area contributed by atoms with Crippen LogP contribution in [0.25, 0.3) is 16.6 Å². The summed E-state index contributed by atoms with van der Waals surface area (Å²) in [5, 5.41) is 0.377. The van der Waals surface area contributed by atoms with Crippen LogP contribution >= 0.6 is 0 Å². The molecular weight excluding hydrogens is 369 g/mol. The Morgan fingerprint density at radius 2 is 1.71 bits per heavy atom. The fraction of sp³-hybridized carbons (Fsp3) is 0.350. The van der Waals surface area contributed by atoms with Gasteiger partial charge in [-0.3, -0.25) is 9.36 Å². The first kappa shape index (κ1) is 18.5. The van der Waals surface area contributed by atoms with Gasteiger partial charge in [0, 0.05) is 31.2 Å². The molecule has 0 atom stereocenters. The summed E-state index contributed by atoms with van der Waals surface area (Å²) >= 11 is 0. The molecule has 0 spiro atoms. The minimum Gasteiger partial charge on any atom is -0.341 e. The molecule has 5 nitrogen and oxygen atoms in total. The molecule has 1 fully saturated rings. The van der Waals surface area contributed by atoms with Gasteiger partial charge in [-0.2, -0.15) is 13.2 Å².